The van der Waals surface area contributed by atoms with E-state index in [-0.39, 0.29) is 13.2 Å². The van der Waals surface area contributed by atoms with Crippen LogP contribution < -0.4 is 0 Å². The zero-order valence-electron chi connectivity index (χ0n) is 12.4. The molecule has 1 amide bonds. The molecule has 1 radical (unpaired) electrons. The Morgan fingerprint density at radius 2 is 1.95 bits per heavy atom. The molecule has 2 aliphatic rings. The lowest BCUT2D eigenvalue weighted by atomic mass is 10.0. The van der Waals surface area contributed by atoms with Gasteiger partial charge in [0, 0.05) is 0 Å². The van der Waals surface area contributed by atoms with Gasteiger partial charge in [0.1, 0.15) is 18.4 Å². The van der Waals surface area contributed by atoms with E-state index >= 15 is 0 Å². The Balaban J connectivity index is 2.28. The quantitative estimate of drug-likeness (QED) is 0.711. The summed E-state index contributed by atoms with van der Waals surface area (Å²) >= 11 is 0. The smallest absolute Gasteiger partial charge is 0.431 e. The topological polar surface area (TPSA) is 82.2 Å². The van der Waals surface area contributed by atoms with Crippen molar-refractivity contribution in [1.29, 1.82) is 0 Å². The summed E-state index contributed by atoms with van der Waals surface area (Å²) in [4.78, 5) is 30.0. The van der Waals surface area contributed by atoms with Gasteiger partial charge < -0.3 is 9.57 Å². The molecule has 2 saturated heterocycles. The molecule has 8 nitrogen and oxygen atoms in total. The van der Waals surface area contributed by atoms with Crippen molar-refractivity contribution < 1.29 is 24.4 Å². The second kappa shape index (κ2) is 4.57. The lowest BCUT2D eigenvalue weighted by Gasteiger charge is -2.33. The SMILES string of the molecule is CCOC(=O)CN1C(=O)ON2C1C(C)(C)N([O])C2(C)C. The van der Waals surface area contributed by atoms with Crippen molar-refractivity contribution in [3.8, 4) is 0 Å². The van der Waals surface area contributed by atoms with E-state index in [4.69, 9.17) is 9.57 Å². The molecule has 2 fully saturated rings. The van der Waals surface area contributed by atoms with Gasteiger partial charge in [-0.1, -0.05) is 5.06 Å². The number of carbonyl (C=O) groups is 2. The summed E-state index contributed by atoms with van der Waals surface area (Å²) in [5.41, 5.74) is -1.89. The predicted molar refractivity (Wildman–Crippen MR) is 66.1 cm³/mol. The predicted octanol–water partition coefficient (Wildman–Crippen LogP) is 0.721. The molecule has 0 aromatic carbocycles. The van der Waals surface area contributed by atoms with Crippen molar-refractivity contribution in [2.45, 2.75) is 52.0 Å². The van der Waals surface area contributed by atoms with Crippen LogP contribution in [0.1, 0.15) is 34.6 Å². The van der Waals surface area contributed by atoms with Crippen LogP contribution in [0.5, 0.6) is 0 Å². The van der Waals surface area contributed by atoms with Crippen LogP contribution in [0.3, 0.4) is 0 Å². The molecule has 113 valence electrons. The lowest BCUT2D eigenvalue weighted by molar-refractivity contribution is -0.288. The number of ether oxygens (including phenoxy) is 1. The number of nitrogens with zero attached hydrogens (tertiary/aromatic N) is 3. The van der Waals surface area contributed by atoms with E-state index in [1.54, 1.807) is 34.6 Å². The van der Waals surface area contributed by atoms with E-state index in [0.29, 0.717) is 0 Å². The average Bonchev–Trinajstić information content (AvgIpc) is 2.72. The summed E-state index contributed by atoms with van der Waals surface area (Å²) in [6, 6.07) is 0. The van der Waals surface area contributed by atoms with Gasteiger partial charge in [0.25, 0.3) is 0 Å². The third-order valence-corrected chi connectivity index (χ3v) is 3.72. The fraction of sp³-hybridized carbons (Fsp3) is 0.833. The van der Waals surface area contributed by atoms with Crippen LogP contribution >= 0.6 is 0 Å². The van der Waals surface area contributed by atoms with Gasteiger partial charge in [0.05, 0.1) is 12.1 Å². The Hall–Kier alpha value is -1.38. The number of amides is 1. The van der Waals surface area contributed by atoms with E-state index in [1.807, 2.05) is 0 Å². The number of hydroxylamine groups is 4. The molecule has 0 bridgehead atoms. The number of esters is 1. The first kappa shape index (κ1) is 15.0. The van der Waals surface area contributed by atoms with Gasteiger partial charge in [-0.3, -0.25) is 9.69 Å². The van der Waals surface area contributed by atoms with Crippen LogP contribution in [0.15, 0.2) is 0 Å². The zero-order valence-corrected chi connectivity index (χ0v) is 12.4. The highest BCUT2D eigenvalue weighted by atomic mass is 16.8. The molecule has 1 atom stereocenters. The molecule has 8 heteroatoms. The summed E-state index contributed by atoms with van der Waals surface area (Å²) in [7, 11) is 0. The maximum atomic E-state index is 12.4. The summed E-state index contributed by atoms with van der Waals surface area (Å²) in [5.74, 6) is -0.524. The minimum Gasteiger partial charge on any atom is -0.465 e. The second-order valence-electron chi connectivity index (χ2n) is 5.93. The molecule has 1 unspecified atom stereocenters. The van der Waals surface area contributed by atoms with Gasteiger partial charge in [-0.15, -0.1) is 10.3 Å². The first-order valence-electron chi connectivity index (χ1n) is 6.55. The average molecular weight is 286 g/mol. The minimum absolute atomic E-state index is 0.235. The van der Waals surface area contributed by atoms with Gasteiger partial charge in [0.2, 0.25) is 0 Å². The van der Waals surface area contributed by atoms with Crippen molar-refractivity contribution >= 4 is 12.1 Å². The van der Waals surface area contributed by atoms with Crippen molar-refractivity contribution in [2.75, 3.05) is 13.2 Å². The van der Waals surface area contributed by atoms with Crippen molar-refractivity contribution in [2.24, 2.45) is 0 Å². The molecule has 0 aromatic heterocycles. The van der Waals surface area contributed by atoms with Crippen LogP contribution in [0.2, 0.25) is 0 Å². The summed E-state index contributed by atoms with van der Waals surface area (Å²) in [6.07, 6.45) is -1.27. The molecule has 0 N–H and O–H groups in total. The van der Waals surface area contributed by atoms with Crippen molar-refractivity contribution in [3.63, 3.8) is 0 Å². The highest BCUT2D eigenvalue weighted by molar-refractivity contribution is 5.79. The molecule has 2 rings (SSSR count). The Bertz CT molecular complexity index is 437. The van der Waals surface area contributed by atoms with E-state index in [0.717, 1.165) is 5.06 Å². The summed E-state index contributed by atoms with van der Waals surface area (Å²) in [6.45, 7) is 8.46. The zero-order chi connectivity index (χ0) is 15.3. The maximum absolute atomic E-state index is 12.4. The highest BCUT2D eigenvalue weighted by Gasteiger charge is 2.66. The number of hydrogen-bond acceptors (Lipinski definition) is 6. The highest BCUT2D eigenvalue weighted by Crippen LogP contribution is 2.45. The fourth-order valence-corrected chi connectivity index (χ4v) is 2.89. The van der Waals surface area contributed by atoms with Gasteiger partial charge in [0.15, 0.2) is 0 Å². The first-order chi connectivity index (χ1) is 9.14. The molecule has 0 saturated carbocycles. The Morgan fingerprint density at radius 3 is 2.50 bits per heavy atom. The van der Waals surface area contributed by atoms with Crippen LogP contribution in [-0.4, -0.2) is 57.6 Å². The minimum atomic E-state index is -0.993. The third-order valence-electron chi connectivity index (χ3n) is 3.72. The Labute approximate surface area is 117 Å². The van der Waals surface area contributed by atoms with Gasteiger partial charge in [-0.25, -0.2) is 4.79 Å². The first-order valence-corrected chi connectivity index (χ1v) is 6.55. The molecule has 20 heavy (non-hydrogen) atoms. The van der Waals surface area contributed by atoms with Crippen LogP contribution in [-0.2, 0) is 19.6 Å². The molecular weight excluding hydrogens is 266 g/mol. The Kier molecular flexibility index (Phi) is 3.43. The maximum Gasteiger partial charge on any atom is 0.431 e. The molecule has 2 aliphatic heterocycles. The second-order valence-corrected chi connectivity index (χ2v) is 5.93. The van der Waals surface area contributed by atoms with E-state index in [2.05, 4.69) is 0 Å². The van der Waals surface area contributed by atoms with Crippen LogP contribution in [0, 0.1) is 0 Å². The summed E-state index contributed by atoms with van der Waals surface area (Å²) < 4.78 is 4.85. The van der Waals surface area contributed by atoms with E-state index < -0.39 is 29.4 Å². The normalized spacial score (nSPS) is 28.4. The van der Waals surface area contributed by atoms with Crippen LogP contribution in [0.4, 0.5) is 4.79 Å². The van der Waals surface area contributed by atoms with E-state index in [1.165, 1.54) is 9.96 Å². The monoisotopic (exact) mass is 286 g/mol. The van der Waals surface area contributed by atoms with Crippen LogP contribution in [0.25, 0.3) is 0 Å². The molecular formula is C12H20N3O5. The third kappa shape index (κ3) is 1.95. The number of rotatable bonds is 3. The van der Waals surface area contributed by atoms with Crippen molar-refractivity contribution in [3.05, 3.63) is 0 Å². The van der Waals surface area contributed by atoms with Crippen molar-refractivity contribution in [1.82, 2.24) is 15.0 Å². The fourth-order valence-electron chi connectivity index (χ4n) is 2.89. The standard InChI is InChI=1S/C12H20N3O5/c1-6-19-8(16)7-13-9-11(2,3)15(18)12(4,5)14(9)20-10(13)17/h9H,6-7H2,1-5H3. The molecule has 0 aliphatic carbocycles. The molecule has 0 aromatic rings. The number of hydrogen-bond donors (Lipinski definition) is 0. The largest absolute Gasteiger partial charge is 0.465 e. The van der Waals surface area contributed by atoms with Gasteiger partial charge in [-0.05, 0) is 34.6 Å². The molecule has 0 spiro atoms. The molecule has 2 heterocycles. The number of carbonyl (C=O) groups excluding carboxylic acids is 2. The lowest BCUT2D eigenvalue weighted by Crippen LogP contribution is -2.54. The van der Waals surface area contributed by atoms with Gasteiger partial charge in [-0.2, -0.15) is 0 Å². The van der Waals surface area contributed by atoms with Gasteiger partial charge >= 0.3 is 12.1 Å². The number of fused-ring (bicyclic) bond motifs is 1. The van der Waals surface area contributed by atoms with E-state index in [9.17, 15) is 14.8 Å². The Morgan fingerprint density at radius 1 is 1.35 bits per heavy atom. The summed E-state index contributed by atoms with van der Waals surface area (Å²) in [5, 5.41) is 14.6.